The molecule has 3 rings (SSSR count). The summed E-state index contributed by atoms with van der Waals surface area (Å²) >= 11 is 0. The predicted octanol–water partition coefficient (Wildman–Crippen LogP) is 3.75. The Morgan fingerprint density at radius 1 is 0.958 bits per heavy atom. The molecule has 0 spiro atoms. The van der Waals surface area contributed by atoms with E-state index in [-0.39, 0.29) is 17.2 Å². The summed E-state index contributed by atoms with van der Waals surface area (Å²) in [5, 5.41) is 5.37. The highest BCUT2D eigenvalue weighted by Gasteiger charge is 2.11. The summed E-state index contributed by atoms with van der Waals surface area (Å²) in [4.78, 5) is 20.0. The Bertz CT molecular complexity index is 868. The van der Waals surface area contributed by atoms with E-state index in [9.17, 15) is 13.6 Å². The van der Waals surface area contributed by atoms with Crippen LogP contribution in [0.15, 0.2) is 60.9 Å². The van der Waals surface area contributed by atoms with Crippen LogP contribution in [0.2, 0.25) is 0 Å². The molecule has 0 aliphatic carbocycles. The average molecular weight is 326 g/mol. The highest BCUT2D eigenvalue weighted by molar-refractivity contribution is 6.03. The van der Waals surface area contributed by atoms with Crippen LogP contribution in [0.4, 0.5) is 26.0 Å². The number of benzene rings is 2. The van der Waals surface area contributed by atoms with Crippen molar-refractivity contribution in [2.75, 3.05) is 10.6 Å². The van der Waals surface area contributed by atoms with Crippen molar-refractivity contribution in [2.24, 2.45) is 0 Å². The van der Waals surface area contributed by atoms with Gasteiger partial charge >= 0.3 is 0 Å². The molecule has 0 saturated heterocycles. The van der Waals surface area contributed by atoms with Crippen molar-refractivity contribution >= 4 is 23.1 Å². The van der Waals surface area contributed by atoms with Crippen molar-refractivity contribution in [3.63, 3.8) is 0 Å². The van der Waals surface area contributed by atoms with E-state index in [2.05, 4.69) is 20.6 Å². The number of amides is 1. The molecule has 0 radical (unpaired) electrons. The van der Waals surface area contributed by atoms with Crippen LogP contribution < -0.4 is 10.6 Å². The summed E-state index contributed by atoms with van der Waals surface area (Å²) in [6.07, 6.45) is 1.21. The highest BCUT2D eigenvalue weighted by atomic mass is 19.1. The van der Waals surface area contributed by atoms with E-state index < -0.39 is 11.7 Å². The van der Waals surface area contributed by atoms with Crippen LogP contribution in [0.3, 0.4) is 0 Å². The van der Waals surface area contributed by atoms with E-state index in [1.165, 1.54) is 54.9 Å². The van der Waals surface area contributed by atoms with Gasteiger partial charge in [-0.05, 0) is 36.4 Å². The molecule has 0 bridgehead atoms. The summed E-state index contributed by atoms with van der Waals surface area (Å²) in [5.41, 5.74) is 0.739. The van der Waals surface area contributed by atoms with Gasteiger partial charge in [0, 0.05) is 11.8 Å². The van der Waals surface area contributed by atoms with Gasteiger partial charge in [-0.3, -0.25) is 4.79 Å². The first-order chi connectivity index (χ1) is 11.6. The van der Waals surface area contributed by atoms with Gasteiger partial charge in [-0.1, -0.05) is 12.1 Å². The molecule has 7 heteroatoms. The molecule has 0 saturated carbocycles. The number of hydrogen-bond donors (Lipinski definition) is 2. The Kier molecular flexibility index (Phi) is 4.42. The Labute approximate surface area is 136 Å². The lowest BCUT2D eigenvalue weighted by molar-refractivity contribution is 0.102. The molecule has 120 valence electrons. The minimum Gasteiger partial charge on any atom is -0.340 e. The minimum atomic E-state index is -0.565. The minimum absolute atomic E-state index is 0.0640. The summed E-state index contributed by atoms with van der Waals surface area (Å²) in [7, 11) is 0. The molecule has 2 aromatic carbocycles. The fourth-order valence-corrected chi connectivity index (χ4v) is 1.98. The number of carbonyl (C=O) groups excluding carboxylic acids is 1. The second kappa shape index (κ2) is 6.82. The van der Waals surface area contributed by atoms with Gasteiger partial charge in [-0.15, -0.1) is 0 Å². The SMILES string of the molecule is O=C(Nc1ccccc1F)c1cc(Nc2ccc(F)cc2)ncn1. The Balaban J connectivity index is 1.76. The largest absolute Gasteiger partial charge is 0.340 e. The number of carbonyl (C=O) groups is 1. The van der Waals surface area contributed by atoms with E-state index in [0.717, 1.165) is 0 Å². The number of hydrogen-bond acceptors (Lipinski definition) is 4. The lowest BCUT2D eigenvalue weighted by Gasteiger charge is -2.08. The number of rotatable bonds is 4. The van der Waals surface area contributed by atoms with E-state index in [1.807, 2.05) is 0 Å². The van der Waals surface area contributed by atoms with E-state index in [0.29, 0.717) is 11.5 Å². The number of nitrogens with one attached hydrogen (secondary N) is 2. The smallest absolute Gasteiger partial charge is 0.274 e. The van der Waals surface area contributed by atoms with Gasteiger partial charge < -0.3 is 10.6 Å². The molecular formula is C17H12F2N4O. The fraction of sp³-hybridized carbons (Fsp3) is 0. The molecule has 0 fully saturated rings. The number of para-hydroxylation sites is 1. The number of nitrogens with zero attached hydrogens (tertiary/aromatic N) is 2. The van der Waals surface area contributed by atoms with Gasteiger partial charge in [-0.25, -0.2) is 18.7 Å². The van der Waals surface area contributed by atoms with Gasteiger partial charge in [0.15, 0.2) is 0 Å². The third-order valence-electron chi connectivity index (χ3n) is 3.14. The molecule has 0 unspecified atom stereocenters. The summed E-state index contributed by atoms with van der Waals surface area (Å²) in [6.45, 7) is 0. The van der Waals surface area contributed by atoms with Crippen molar-refractivity contribution in [1.82, 2.24) is 9.97 Å². The standard InChI is InChI=1S/C17H12F2N4O/c18-11-5-7-12(8-6-11)22-16-9-15(20-10-21-16)17(24)23-14-4-2-1-3-13(14)19/h1-10H,(H,23,24)(H,20,21,22). The zero-order valence-corrected chi connectivity index (χ0v) is 12.3. The highest BCUT2D eigenvalue weighted by Crippen LogP contribution is 2.17. The molecule has 5 nitrogen and oxygen atoms in total. The first-order valence-corrected chi connectivity index (χ1v) is 7.02. The van der Waals surface area contributed by atoms with Gasteiger partial charge in [-0.2, -0.15) is 0 Å². The fourth-order valence-electron chi connectivity index (χ4n) is 1.98. The van der Waals surface area contributed by atoms with Crippen molar-refractivity contribution in [2.45, 2.75) is 0 Å². The molecular weight excluding hydrogens is 314 g/mol. The lowest BCUT2D eigenvalue weighted by Crippen LogP contribution is -2.15. The Morgan fingerprint density at radius 3 is 2.46 bits per heavy atom. The molecule has 1 aromatic heterocycles. The van der Waals surface area contributed by atoms with E-state index in [4.69, 9.17) is 0 Å². The maximum Gasteiger partial charge on any atom is 0.274 e. The quantitative estimate of drug-likeness (QED) is 0.766. The Morgan fingerprint density at radius 2 is 1.71 bits per heavy atom. The second-order valence-corrected chi connectivity index (χ2v) is 4.85. The maximum atomic E-state index is 13.6. The van der Waals surface area contributed by atoms with Crippen LogP contribution in [-0.4, -0.2) is 15.9 Å². The number of aromatic nitrogens is 2. The number of anilines is 3. The summed E-state index contributed by atoms with van der Waals surface area (Å²) in [5.74, 6) is -1.10. The molecule has 1 amide bonds. The first kappa shape index (κ1) is 15.5. The average Bonchev–Trinajstić information content (AvgIpc) is 2.59. The topological polar surface area (TPSA) is 66.9 Å². The van der Waals surface area contributed by atoms with Crippen LogP contribution in [0.1, 0.15) is 10.5 Å². The molecule has 3 aromatic rings. The van der Waals surface area contributed by atoms with E-state index in [1.54, 1.807) is 6.07 Å². The lowest BCUT2D eigenvalue weighted by atomic mass is 10.2. The normalized spacial score (nSPS) is 10.2. The van der Waals surface area contributed by atoms with Gasteiger partial charge in [0.25, 0.3) is 5.91 Å². The van der Waals surface area contributed by atoms with Gasteiger partial charge in [0.2, 0.25) is 0 Å². The van der Waals surface area contributed by atoms with Crippen LogP contribution >= 0.6 is 0 Å². The molecule has 24 heavy (non-hydrogen) atoms. The van der Waals surface area contributed by atoms with E-state index >= 15 is 0 Å². The maximum absolute atomic E-state index is 13.6. The molecule has 0 aliphatic heterocycles. The summed E-state index contributed by atoms with van der Waals surface area (Å²) in [6, 6.07) is 12.9. The van der Waals surface area contributed by atoms with Gasteiger partial charge in [0.05, 0.1) is 5.69 Å². The van der Waals surface area contributed by atoms with Crippen LogP contribution in [0.5, 0.6) is 0 Å². The van der Waals surface area contributed by atoms with Crippen molar-refractivity contribution < 1.29 is 13.6 Å². The molecule has 1 heterocycles. The van der Waals surface area contributed by atoms with Crippen molar-refractivity contribution in [3.8, 4) is 0 Å². The zero-order valence-electron chi connectivity index (χ0n) is 12.3. The van der Waals surface area contributed by atoms with Crippen molar-refractivity contribution in [3.05, 3.63) is 78.3 Å². The Hall–Kier alpha value is -3.35. The third kappa shape index (κ3) is 3.70. The van der Waals surface area contributed by atoms with Crippen LogP contribution in [0, 0.1) is 11.6 Å². The zero-order chi connectivity index (χ0) is 16.9. The second-order valence-electron chi connectivity index (χ2n) is 4.85. The number of halogens is 2. The van der Waals surface area contributed by atoms with Crippen LogP contribution in [-0.2, 0) is 0 Å². The predicted molar refractivity (Wildman–Crippen MR) is 86.1 cm³/mol. The van der Waals surface area contributed by atoms with Crippen molar-refractivity contribution in [1.29, 1.82) is 0 Å². The van der Waals surface area contributed by atoms with Crippen LogP contribution in [0.25, 0.3) is 0 Å². The molecule has 0 aliphatic rings. The summed E-state index contributed by atoms with van der Waals surface area (Å²) < 4.78 is 26.5. The molecule has 0 atom stereocenters. The third-order valence-corrected chi connectivity index (χ3v) is 3.14. The first-order valence-electron chi connectivity index (χ1n) is 7.02. The van der Waals surface area contributed by atoms with Gasteiger partial charge in [0.1, 0.15) is 29.5 Å². The molecule has 2 N–H and O–H groups in total. The monoisotopic (exact) mass is 326 g/mol.